The Labute approximate surface area is 103 Å². The van der Waals surface area contributed by atoms with Gasteiger partial charge >= 0.3 is 0 Å². The zero-order valence-corrected chi connectivity index (χ0v) is 10.6. The van der Waals surface area contributed by atoms with Gasteiger partial charge in [0, 0.05) is 22.3 Å². The van der Waals surface area contributed by atoms with Crippen molar-refractivity contribution in [1.82, 2.24) is 0 Å². The highest BCUT2D eigenvalue weighted by Gasteiger charge is 2.29. The van der Waals surface area contributed by atoms with Crippen molar-refractivity contribution >= 4 is 29.3 Å². The number of hydrogen-bond acceptors (Lipinski definition) is 3. The molecule has 1 aromatic rings. The summed E-state index contributed by atoms with van der Waals surface area (Å²) in [6.45, 7) is 2.09. The van der Waals surface area contributed by atoms with Crippen molar-refractivity contribution in [3.05, 3.63) is 35.6 Å². The van der Waals surface area contributed by atoms with Gasteiger partial charge in [0.15, 0.2) is 5.78 Å². The minimum atomic E-state index is -0.296. The highest BCUT2D eigenvalue weighted by atomic mass is 32.2. The highest BCUT2D eigenvalue weighted by molar-refractivity contribution is 8.07. The van der Waals surface area contributed by atoms with Gasteiger partial charge in [-0.25, -0.2) is 4.39 Å². The van der Waals surface area contributed by atoms with Gasteiger partial charge in [-0.05, 0) is 24.3 Å². The minimum absolute atomic E-state index is 0.0178. The maximum atomic E-state index is 12.7. The maximum absolute atomic E-state index is 12.7. The highest BCUT2D eigenvalue weighted by Crippen LogP contribution is 2.33. The summed E-state index contributed by atoms with van der Waals surface area (Å²) in [5.74, 6) is 1.96. The quantitative estimate of drug-likeness (QED) is 0.756. The van der Waals surface area contributed by atoms with Crippen LogP contribution in [-0.2, 0) is 0 Å². The summed E-state index contributed by atoms with van der Waals surface area (Å²) in [5.41, 5.74) is 0.619. The van der Waals surface area contributed by atoms with E-state index >= 15 is 0 Å². The molecule has 1 aromatic carbocycles. The molecule has 1 fully saturated rings. The van der Waals surface area contributed by atoms with Crippen LogP contribution in [0, 0.1) is 5.82 Å². The number of ketones is 1. The molecule has 86 valence electrons. The summed E-state index contributed by atoms with van der Waals surface area (Å²) in [4.78, 5) is 12.2. The lowest BCUT2D eigenvalue weighted by Gasteiger charge is -2.26. The fourth-order valence-electron chi connectivity index (χ4n) is 1.70. The lowest BCUT2D eigenvalue weighted by atomic mass is 10.1. The molecule has 2 unspecified atom stereocenters. The van der Waals surface area contributed by atoms with E-state index in [1.54, 1.807) is 23.9 Å². The van der Waals surface area contributed by atoms with Gasteiger partial charge in [0.25, 0.3) is 0 Å². The van der Waals surface area contributed by atoms with Crippen molar-refractivity contribution in [3.63, 3.8) is 0 Å². The Morgan fingerprint density at radius 2 is 1.88 bits per heavy atom. The Hall–Kier alpha value is -0.480. The van der Waals surface area contributed by atoms with Crippen LogP contribution in [0.5, 0.6) is 0 Å². The van der Waals surface area contributed by atoms with Gasteiger partial charge in [-0.3, -0.25) is 4.79 Å². The van der Waals surface area contributed by atoms with Crippen LogP contribution in [0.1, 0.15) is 17.3 Å². The van der Waals surface area contributed by atoms with E-state index in [2.05, 4.69) is 6.92 Å². The Morgan fingerprint density at radius 1 is 1.25 bits per heavy atom. The van der Waals surface area contributed by atoms with Crippen molar-refractivity contribution in [2.75, 3.05) is 11.5 Å². The van der Waals surface area contributed by atoms with E-state index in [0.29, 0.717) is 10.8 Å². The van der Waals surface area contributed by atoms with Crippen LogP contribution in [0.25, 0.3) is 0 Å². The van der Waals surface area contributed by atoms with Crippen molar-refractivity contribution in [2.45, 2.75) is 17.4 Å². The standard InChI is InChI=1S/C12H13FOS2/c1-8-12(16-7-6-15-8)11(14)9-2-4-10(13)5-3-9/h2-5,8,12H,6-7H2,1H3. The topological polar surface area (TPSA) is 17.1 Å². The van der Waals surface area contributed by atoms with E-state index in [-0.39, 0.29) is 16.9 Å². The van der Waals surface area contributed by atoms with Crippen molar-refractivity contribution in [1.29, 1.82) is 0 Å². The molecule has 16 heavy (non-hydrogen) atoms. The van der Waals surface area contributed by atoms with E-state index in [1.807, 2.05) is 11.8 Å². The van der Waals surface area contributed by atoms with Crippen LogP contribution in [0.15, 0.2) is 24.3 Å². The molecule has 0 N–H and O–H groups in total. The predicted molar refractivity (Wildman–Crippen MR) is 68.9 cm³/mol. The molecule has 0 saturated carbocycles. The van der Waals surface area contributed by atoms with Gasteiger partial charge < -0.3 is 0 Å². The Morgan fingerprint density at radius 3 is 2.50 bits per heavy atom. The molecular formula is C12H13FOS2. The Kier molecular flexibility index (Phi) is 3.92. The molecule has 2 rings (SSSR count). The summed E-state index contributed by atoms with van der Waals surface area (Å²) >= 11 is 3.55. The molecule has 0 aromatic heterocycles. The third kappa shape index (κ3) is 2.61. The van der Waals surface area contributed by atoms with Gasteiger partial charge in [-0.1, -0.05) is 6.92 Å². The second kappa shape index (κ2) is 5.23. The number of benzene rings is 1. The average molecular weight is 256 g/mol. The minimum Gasteiger partial charge on any atom is -0.293 e. The molecule has 1 aliphatic heterocycles. The third-order valence-electron chi connectivity index (χ3n) is 2.57. The van der Waals surface area contributed by atoms with E-state index in [4.69, 9.17) is 0 Å². The van der Waals surface area contributed by atoms with Gasteiger partial charge in [0.05, 0.1) is 5.25 Å². The fraction of sp³-hybridized carbons (Fsp3) is 0.417. The molecular weight excluding hydrogens is 243 g/mol. The van der Waals surface area contributed by atoms with Crippen LogP contribution < -0.4 is 0 Å². The molecule has 0 amide bonds. The second-order valence-electron chi connectivity index (χ2n) is 3.74. The monoisotopic (exact) mass is 256 g/mol. The summed E-state index contributed by atoms with van der Waals surface area (Å²) < 4.78 is 12.7. The zero-order valence-electron chi connectivity index (χ0n) is 8.98. The summed E-state index contributed by atoms with van der Waals surface area (Å²) in [7, 11) is 0. The molecule has 4 heteroatoms. The van der Waals surface area contributed by atoms with Gasteiger partial charge in [0.1, 0.15) is 5.82 Å². The van der Waals surface area contributed by atoms with Gasteiger partial charge in [-0.2, -0.15) is 11.8 Å². The SMILES string of the molecule is CC1SCCSC1C(=O)c1ccc(F)cc1. The van der Waals surface area contributed by atoms with Crippen LogP contribution in [0.3, 0.4) is 0 Å². The summed E-state index contributed by atoms with van der Waals surface area (Å²) in [5, 5.41) is 0.362. The Balaban J connectivity index is 2.14. The molecule has 1 saturated heterocycles. The molecule has 0 bridgehead atoms. The summed E-state index contributed by atoms with van der Waals surface area (Å²) in [6.07, 6.45) is 0. The molecule has 1 heterocycles. The van der Waals surface area contributed by atoms with Crippen LogP contribution in [0.4, 0.5) is 4.39 Å². The lowest BCUT2D eigenvalue weighted by molar-refractivity contribution is 0.0989. The number of hydrogen-bond donors (Lipinski definition) is 0. The van der Waals surface area contributed by atoms with Gasteiger partial charge in [0.2, 0.25) is 0 Å². The molecule has 2 atom stereocenters. The molecule has 1 nitrogen and oxygen atoms in total. The van der Waals surface area contributed by atoms with Crippen molar-refractivity contribution < 1.29 is 9.18 Å². The number of halogens is 1. The van der Waals surface area contributed by atoms with E-state index < -0.39 is 0 Å². The molecule has 0 aliphatic carbocycles. The van der Waals surface area contributed by atoms with Crippen molar-refractivity contribution in [3.8, 4) is 0 Å². The number of carbonyl (C=O) groups is 1. The lowest BCUT2D eigenvalue weighted by Crippen LogP contribution is -2.31. The molecule has 0 radical (unpaired) electrons. The van der Waals surface area contributed by atoms with Crippen molar-refractivity contribution in [2.24, 2.45) is 0 Å². The molecule has 0 spiro atoms. The van der Waals surface area contributed by atoms with Crippen LogP contribution in [0.2, 0.25) is 0 Å². The van der Waals surface area contributed by atoms with E-state index in [9.17, 15) is 9.18 Å². The predicted octanol–water partition coefficient (Wildman–Crippen LogP) is 3.25. The first kappa shape index (κ1) is 12.0. The second-order valence-corrected chi connectivity index (χ2v) is 6.47. The number of carbonyl (C=O) groups excluding carboxylic acids is 1. The average Bonchev–Trinajstić information content (AvgIpc) is 2.30. The van der Waals surface area contributed by atoms with E-state index in [1.165, 1.54) is 12.1 Å². The van der Waals surface area contributed by atoms with Crippen LogP contribution >= 0.6 is 23.5 Å². The fourth-order valence-corrected chi connectivity index (χ4v) is 4.42. The largest absolute Gasteiger partial charge is 0.293 e. The zero-order chi connectivity index (χ0) is 11.5. The first-order valence-electron chi connectivity index (χ1n) is 5.21. The smallest absolute Gasteiger partial charge is 0.176 e. The van der Waals surface area contributed by atoms with Gasteiger partial charge in [-0.15, -0.1) is 11.8 Å². The normalized spacial score (nSPS) is 25.4. The Bertz CT molecular complexity index is 377. The first-order chi connectivity index (χ1) is 7.68. The molecule has 1 aliphatic rings. The number of Topliss-reactive ketones (excluding diaryl/α,β-unsaturated/α-hetero) is 1. The number of rotatable bonds is 2. The van der Waals surface area contributed by atoms with Crippen LogP contribution in [-0.4, -0.2) is 27.8 Å². The summed E-state index contributed by atoms with van der Waals surface area (Å²) in [6, 6.07) is 5.84. The maximum Gasteiger partial charge on any atom is 0.176 e. The van der Waals surface area contributed by atoms with E-state index in [0.717, 1.165) is 11.5 Å². The third-order valence-corrected chi connectivity index (χ3v) is 5.66. The number of thioether (sulfide) groups is 2. The first-order valence-corrected chi connectivity index (χ1v) is 7.31.